The molecule has 0 saturated heterocycles. The van der Waals surface area contributed by atoms with Crippen LogP contribution in [0.1, 0.15) is 11.6 Å². The van der Waals surface area contributed by atoms with Crippen LogP contribution in [0.4, 0.5) is 4.79 Å². The van der Waals surface area contributed by atoms with E-state index in [1.807, 2.05) is 24.3 Å². The standard InChI is InChI=1S/C11H12ClN3O/c12-6-7-14-11(16)15-10(8-13)9-4-2-1-3-5-9/h1-5,10H,6-7H2,(H2,14,15,16)/t10-/m0/s1. The molecule has 84 valence electrons. The molecule has 1 rings (SSSR count). The fourth-order valence-electron chi connectivity index (χ4n) is 1.18. The van der Waals surface area contributed by atoms with Crippen molar-refractivity contribution >= 4 is 17.6 Å². The third kappa shape index (κ3) is 3.79. The van der Waals surface area contributed by atoms with Crippen molar-refractivity contribution in [1.82, 2.24) is 10.6 Å². The van der Waals surface area contributed by atoms with Gasteiger partial charge in [0, 0.05) is 12.4 Å². The van der Waals surface area contributed by atoms with E-state index in [2.05, 4.69) is 10.6 Å². The fraction of sp³-hybridized carbons (Fsp3) is 0.273. The van der Waals surface area contributed by atoms with E-state index in [9.17, 15) is 4.79 Å². The molecule has 0 aliphatic rings. The summed E-state index contributed by atoms with van der Waals surface area (Å²) in [6.07, 6.45) is 0. The SMILES string of the molecule is N#C[C@H](NC(=O)NCCCl)c1ccccc1. The molecule has 0 aliphatic carbocycles. The van der Waals surface area contributed by atoms with Crippen molar-refractivity contribution < 1.29 is 4.79 Å². The van der Waals surface area contributed by atoms with Crippen molar-refractivity contribution in [2.45, 2.75) is 6.04 Å². The maximum atomic E-state index is 11.3. The normalized spacial score (nSPS) is 11.2. The average Bonchev–Trinajstić information content (AvgIpc) is 2.34. The van der Waals surface area contributed by atoms with Gasteiger partial charge < -0.3 is 10.6 Å². The number of nitrogens with one attached hydrogen (secondary N) is 2. The summed E-state index contributed by atoms with van der Waals surface area (Å²) >= 11 is 5.43. The minimum absolute atomic E-state index is 0.343. The van der Waals surface area contributed by atoms with Gasteiger partial charge in [-0.25, -0.2) is 4.79 Å². The topological polar surface area (TPSA) is 64.9 Å². The molecule has 4 nitrogen and oxygen atoms in total. The highest BCUT2D eigenvalue weighted by molar-refractivity contribution is 6.18. The van der Waals surface area contributed by atoms with Gasteiger partial charge in [0.05, 0.1) is 6.07 Å². The van der Waals surface area contributed by atoms with E-state index in [0.29, 0.717) is 12.4 Å². The number of rotatable bonds is 4. The number of carbonyl (C=O) groups is 1. The Kier molecular flexibility index (Phi) is 5.17. The zero-order valence-corrected chi connectivity index (χ0v) is 9.37. The lowest BCUT2D eigenvalue weighted by Gasteiger charge is -2.12. The Morgan fingerprint density at radius 3 is 2.69 bits per heavy atom. The Hall–Kier alpha value is -1.73. The number of carbonyl (C=O) groups excluding carboxylic acids is 1. The number of hydrogen-bond donors (Lipinski definition) is 2. The first-order valence-corrected chi connectivity index (χ1v) is 5.36. The van der Waals surface area contributed by atoms with Crippen molar-refractivity contribution in [2.75, 3.05) is 12.4 Å². The van der Waals surface area contributed by atoms with E-state index in [1.165, 1.54) is 0 Å². The molecular weight excluding hydrogens is 226 g/mol. The lowest BCUT2D eigenvalue weighted by Crippen LogP contribution is -2.38. The summed E-state index contributed by atoms with van der Waals surface area (Å²) in [5.74, 6) is 0.343. The maximum absolute atomic E-state index is 11.3. The van der Waals surface area contributed by atoms with Crippen LogP contribution < -0.4 is 10.6 Å². The van der Waals surface area contributed by atoms with E-state index in [-0.39, 0.29) is 0 Å². The minimum atomic E-state index is -0.642. The third-order valence-electron chi connectivity index (χ3n) is 1.92. The summed E-state index contributed by atoms with van der Waals surface area (Å²) in [5, 5.41) is 14.0. The second kappa shape index (κ2) is 6.70. The summed E-state index contributed by atoms with van der Waals surface area (Å²) in [7, 11) is 0. The van der Waals surface area contributed by atoms with Crippen LogP contribution in [-0.4, -0.2) is 18.5 Å². The fourth-order valence-corrected chi connectivity index (χ4v) is 1.27. The monoisotopic (exact) mass is 237 g/mol. The Labute approximate surface area is 99.2 Å². The van der Waals surface area contributed by atoms with Gasteiger partial charge in [-0.3, -0.25) is 0 Å². The predicted molar refractivity (Wildman–Crippen MR) is 62.1 cm³/mol. The average molecular weight is 238 g/mol. The van der Waals surface area contributed by atoms with Crippen molar-refractivity contribution in [3.8, 4) is 6.07 Å². The number of urea groups is 1. The van der Waals surface area contributed by atoms with Gasteiger partial charge in [-0.05, 0) is 5.56 Å². The highest BCUT2D eigenvalue weighted by atomic mass is 35.5. The van der Waals surface area contributed by atoms with Crippen molar-refractivity contribution in [2.24, 2.45) is 0 Å². The number of amides is 2. The third-order valence-corrected chi connectivity index (χ3v) is 2.11. The van der Waals surface area contributed by atoms with Crippen LogP contribution in [0, 0.1) is 11.3 Å². The first kappa shape index (κ1) is 12.3. The van der Waals surface area contributed by atoms with Crippen LogP contribution in [0.15, 0.2) is 30.3 Å². The molecule has 0 spiro atoms. The molecule has 5 heteroatoms. The van der Waals surface area contributed by atoms with Gasteiger partial charge in [0.1, 0.15) is 6.04 Å². The number of halogens is 1. The molecule has 0 saturated carbocycles. The smallest absolute Gasteiger partial charge is 0.316 e. The first-order chi connectivity index (χ1) is 7.77. The number of nitrogens with zero attached hydrogens (tertiary/aromatic N) is 1. The molecule has 2 amide bonds. The molecule has 0 radical (unpaired) electrons. The second-order valence-electron chi connectivity index (χ2n) is 3.06. The molecule has 0 aliphatic heterocycles. The largest absolute Gasteiger partial charge is 0.337 e. The van der Waals surface area contributed by atoms with E-state index >= 15 is 0 Å². The molecule has 2 N–H and O–H groups in total. The first-order valence-electron chi connectivity index (χ1n) is 4.83. The Morgan fingerprint density at radius 2 is 2.12 bits per heavy atom. The molecule has 1 aromatic carbocycles. The molecule has 1 aromatic rings. The second-order valence-corrected chi connectivity index (χ2v) is 3.44. The maximum Gasteiger partial charge on any atom is 0.316 e. The van der Waals surface area contributed by atoms with Crippen LogP contribution >= 0.6 is 11.6 Å². The van der Waals surface area contributed by atoms with Gasteiger partial charge in [0.15, 0.2) is 0 Å². The molecule has 0 heterocycles. The van der Waals surface area contributed by atoms with Gasteiger partial charge >= 0.3 is 6.03 Å². The van der Waals surface area contributed by atoms with Gasteiger partial charge in [-0.15, -0.1) is 11.6 Å². The lowest BCUT2D eigenvalue weighted by molar-refractivity contribution is 0.240. The zero-order chi connectivity index (χ0) is 11.8. The Bertz CT molecular complexity index is 375. The van der Waals surface area contributed by atoms with Gasteiger partial charge in [0.25, 0.3) is 0 Å². The summed E-state index contributed by atoms with van der Waals surface area (Å²) in [6, 6.07) is 10.0. The van der Waals surface area contributed by atoms with E-state index in [0.717, 1.165) is 5.56 Å². The van der Waals surface area contributed by atoms with Crippen molar-refractivity contribution in [1.29, 1.82) is 5.26 Å². The van der Waals surface area contributed by atoms with Gasteiger partial charge in [0.2, 0.25) is 0 Å². The molecule has 1 atom stereocenters. The van der Waals surface area contributed by atoms with Crippen LogP contribution in [0.5, 0.6) is 0 Å². The number of hydrogen-bond acceptors (Lipinski definition) is 2. The van der Waals surface area contributed by atoms with Crippen LogP contribution in [0.25, 0.3) is 0 Å². The van der Waals surface area contributed by atoms with Gasteiger partial charge in [-0.2, -0.15) is 5.26 Å². The van der Waals surface area contributed by atoms with E-state index < -0.39 is 12.1 Å². The summed E-state index contributed by atoms with van der Waals surface area (Å²) < 4.78 is 0. The predicted octanol–water partition coefficient (Wildman–Crippen LogP) is 1.79. The number of alkyl halides is 1. The van der Waals surface area contributed by atoms with Crippen molar-refractivity contribution in [3.63, 3.8) is 0 Å². The molecule has 0 aromatic heterocycles. The molecule has 0 unspecified atom stereocenters. The molecule has 0 fully saturated rings. The van der Waals surface area contributed by atoms with Crippen LogP contribution in [0.2, 0.25) is 0 Å². The Morgan fingerprint density at radius 1 is 1.44 bits per heavy atom. The quantitative estimate of drug-likeness (QED) is 0.785. The highest BCUT2D eigenvalue weighted by Gasteiger charge is 2.12. The van der Waals surface area contributed by atoms with E-state index in [4.69, 9.17) is 16.9 Å². The van der Waals surface area contributed by atoms with Gasteiger partial charge in [-0.1, -0.05) is 30.3 Å². The molecule has 0 bridgehead atoms. The van der Waals surface area contributed by atoms with Crippen LogP contribution in [-0.2, 0) is 0 Å². The highest BCUT2D eigenvalue weighted by Crippen LogP contribution is 2.10. The zero-order valence-electron chi connectivity index (χ0n) is 8.61. The molecular formula is C11H12ClN3O. The molecule has 16 heavy (non-hydrogen) atoms. The Balaban J connectivity index is 2.57. The number of nitriles is 1. The lowest BCUT2D eigenvalue weighted by atomic mass is 10.1. The summed E-state index contributed by atoms with van der Waals surface area (Å²) in [4.78, 5) is 11.3. The minimum Gasteiger partial charge on any atom is -0.337 e. The summed E-state index contributed by atoms with van der Waals surface area (Å²) in [6.45, 7) is 0.375. The summed E-state index contributed by atoms with van der Waals surface area (Å²) in [5.41, 5.74) is 0.756. The van der Waals surface area contributed by atoms with Crippen molar-refractivity contribution in [3.05, 3.63) is 35.9 Å². The van der Waals surface area contributed by atoms with E-state index in [1.54, 1.807) is 12.1 Å². The van der Waals surface area contributed by atoms with Crippen LogP contribution in [0.3, 0.4) is 0 Å². The number of benzene rings is 1.